The van der Waals surface area contributed by atoms with Crippen molar-refractivity contribution in [1.82, 2.24) is 10.2 Å². The number of carbonyl (C=O) groups excluding carboxylic acids is 2. The van der Waals surface area contributed by atoms with E-state index in [0.29, 0.717) is 10.6 Å². The number of nitro groups is 1. The van der Waals surface area contributed by atoms with Gasteiger partial charge in [0.25, 0.3) is 15.7 Å². The van der Waals surface area contributed by atoms with E-state index in [1.54, 1.807) is 49.4 Å². The van der Waals surface area contributed by atoms with E-state index in [2.05, 4.69) is 5.32 Å². The fourth-order valence-electron chi connectivity index (χ4n) is 5.26. The molecule has 228 valence electrons. The fraction of sp³-hybridized carbons (Fsp3) is 0.355. The first-order valence-electron chi connectivity index (χ1n) is 14.3. The molecule has 0 saturated heterocycles. The maximum absolute atomic E-state index is 14.2. The second-order valence-electron chi connectivity index (χ2n) is 10.5. The van der Waals surface area contributed by atoms with Crippen molar-refractivity contribution in [3.63, 3.8) is 0 Å². The average Bonchev–Trinajstić information content (AvgIpc) is 3.01. The van der Waals surface area contributed by atoms with Crippen molar-refractivity contribution in [2.75, 3.05) is 10.8 Å². The van der Waals surface area contributed by atoms with Crippen molar-refractivity contribution in [3.05, 3.63) is 99.6 Å². The summed E-state index contributed by atoms with van der Waals surface area (Å²) in [5, 5.41) is 14.8. The predicted octanol–water partition coefficient (Wildman–Crippen LogP) is 5.70. The van der Waals surface area contributed by atoms with Crippen LogP contribution in [0.15, 0.2) is 83.8 Å². The molecule has 2 amide bonds. The number of nitrogens with one attached hydrogen (secondary N) is 1. The van der Waals surface area contributed by atoms with E-state index in [1.807, 2.05) is 0 Å². The van der Waals surface area contributed by atoms with Crippen LogP contribution < -0.4 is 9.62 Å². The van der Waals surface area contributed by atoms with Gasteiger partial charge in [0, 0.05) is 29.7 Å². The van der Waals surface area contributed by atoms with Gasteiger partial charge in [-0.25, -0.2) is 8.42 Å². The number of halogens is 1. The molecule has 12 heteroatoms. The van der Waals surface area contributed by atoms with Gasteiger partial charge in [0.05, 0.1) is 15.5 Å². The summed E-state index contributed by atoms with van der Waals surface area (Å²) in [5.74, 6) is -0.925. The highest BCUT2D eigenvalue weighted by atomic mass is 35.5. The van der Waals surface area contributed by atoms with Crippen LogP contribution in [0.3, 0.4) is 0 Å². The van der Waals surface area contributed by atoms with E-state index < -0.39 is 33.4 Å². The summed E-state index contributed by atoms with van der Waals surface area (Å²) in [6.45, 7) is 1.13. The Hall–Kier alpha value is -3.96. The number of hydrogen-bond acceptors (Lipinski definition) is 6. The van der Waals surface area contributed by atoms with Crippen LogP contribution in [0.1, 0.15) is 51.0 Å². The number of anilines is 1. The van der Waals surface area contributed by atoms with Crippen molar-refractivity contribution in [3.8, 4) is 0 Å². The van der Waals surface area contributed by atoms with Gasteiger partial charge in [-0.2, -0.15) is 0 Å². The summed E-state index contributed by atoms with van der Waals surface area (Å²) in [6.07, 6.45) is 5.18. The van der Waals surface area contributed by atoms with E-state index in [0.717, 1.165) is 36.4 Å². The summed E-state index contributed by atoms with van der Waals surface area (Å²) in [7, 11) is -4.28. The number of hydrogen-bond donors (Lipinski definition) is 1. The van der Waals surface area contributed by atoms with Gasteiger partial charge in [-0.05, 0) is 55.2 Å². The molecule has 0 aliphatic heterocycles. The molecule has 1 saturated carbocycles. The first kappa shape index (κ1) is 32.0. The molecule has 1 atom stereocenters. The van der Waals surface area contributed by atoms with E-state index in [1.165, 1.54) is 41.3 Å². The number of rotatable bonds is 12. The minimum atomic E-state index is -4.28. The highest BCUT2D eigenvalue weighted by Gasteiger charge is 2.34. The van der Waals surface area contributed by atoms with E-state index in [4.69, 9.17) is 11.6 Å². The van der Waals surface area contributed by atoms with Crippen LogP contribution in [-0.4, -0.2) is 48.7 Å². The van der Waals surface area contributed by atoms with E-state index >= 15 is 0 Å². The quantitative estimate of drug-likeness (QED) is 0.203. The molecule has 0 bridgehead atoms. The van der Waals surface area contributed by atoms with Gasteiger partial charge in [-0.1, -0.05) is 74.2 Å². The SMILES string of the molecule is CCC(C(=O)NC1CCCCC1)N(Cc1ccccc1Cl)C(=O)CN(c1ccc([N+](=O)[O-])cc1)S(=O)(=O)c1ccccc1. The molecular weight excluding hydrogens is 592 g/mol. The summed E-state index contributed by atoms with van der Waals surface area (Å²) in [5.41, 5.74) is 0.451. The maximum atomic E-state index is 14.2. The molecule has 1 fully saturated rings. The lowest BCUT2D eigenvalue weighted by atomic mass is 9.95. The Morgan fingerprint density at radius 3 is 2.21 bits per heavy atom. The normalized spacial score (nSPS) is 14.5. The van der Waals surface area contributed by atoms with Crippen molar-refractivity contribution < 1.29 is 22.9 Å². The van der Waals surface area contributed by atoms with Gasteiger partial charge in [0.2, 0.25) is 11.8 Å². The summed E-state index contributed by atoms with van der Waals surface area (Å²) >= 11 is 6.45. The Morgan fingerprint density at radius 2 is 1.60 bits per heavy atom. The smallest absolute Gasteiger partial charge is 0.269 e. The third-order valence-electron chi connectivity index (χ3n) is 7.59. The molecule has 0 heterocycles. The lowest BCUT2D eigenvalue weighted by molar-refractivity contribution is -0.384. The van der Waals surface area contributed by atoms with E-state index in [9.17, 15) is 28.1 Å². The van der Waals surface area contributed by atoms with Gasteiger partial charge < -0.3 is 10.2 Å². The molecule has 10 nitrogen and oxygen atoms in total. The molecule has 43 heavy (non-hydrogen) atoms. The Kier molecular flexibility index (Phi) is 10.8. The maximum Gasteiger partial charge on any atom is 0.269 e. The second kappa shape index (κ2) is 14.5. The van der Waals surface area contributed by atoms with Crippen LogP contribution in [0, 0.1) is 10.1 Å². The molecule has 3 aromatic rings. The molecule has 1 aliphatic carbocycles. The predicted molar refractivity (Wildman–Crippen MR) is 165 cm³/mol. The molecule has 1 aliphatic rings. The topological polar surface area (TPSA) is 130 Å². The van der Waals surface area contributed by atoms with Crippen LogP contribution in [0.4, 0.5) is 11.4 Å². The van der Waals surface area contributed by atoms with Crippen molar-refractivity contribution in [2.45, 2.75) is 69.0 Å². The minimum absolute atomic E-state index is 0.0163. The Balaban J connectivity index is 1.72. The standard InChI is InChI=1S/C31H35ClN4O6S/c1-2-29(31(38)33-24-12-5-3-6-13-24)34(21-23-11-9-10-16-28(23)32)30(37)22-35(25-17-19-26(20-18-25)36(39)40)43(41,42)27-14-7-4-8-15-27/h4,7-11,14-20,24,29H,2-3,5-6,12-13,21-22H2,1H3,(H,33,38). The Labute approximate surface area is 256 Å². The van der Waals surface area contributed by atoms with Crippen molar-refractivity contribution in [2.24, 2.45) is 0 Å². The largest absolute Gasteiger partial charge is 0.352 e. The zero-order valence-corrected chi connectivity index (χ0v) is 25.5. The van der Waals surface area contributed by atoms with Crippen LogP contribution >= 0.6 is 11.6 Å². The third-order valence-corrected chi connectivity index (χ3v) is 9.75. The summed E-state index contributed by atoms with van der Waals surface area (Å²) in [4.78, 5) is 39.8. The molecule has 0 aromatic heterocycles. The number of non-ortho nitro benzene ring substituents is 1. The highest BCUT2D eigenvalue weighted by Crippen LogP contribution is 2.27. The third kappa shape index (κ3) is 7.91. The van der Waals surface area contributed by atoms with Gasteiger partial charge in [-0.3, -0.25) is 24.0 Å². The minimum Gasteiger partial charge on any atom is -0.352 e. The summed E-state index contributed by atoms with van der Waals surface area (Å²) in [6, 6.07) is 18.7. The number of sulfonamides is 1. The molecule has 0 radical (unpaired) electrons. The number of nitrogens with zero attached hydrogens (tertiary/aromatic N) is 3. The van der Waals surface area contributed by atoms with Crippen LogP contribution in [0.25, 0.3) is 0 Å². The second-order valence-corrected chi connectivity index (χ2v) is 12.7. The first-order chi connectivity index (χ1) is 20.6. The number of nitro benzene ring substituents is 1. The Morgan fingerprint density at radius 1 is 0.977 bits per heavy atom. The van der Waals surface area contributed by atoms with Crippen LogP contribution in [0.5, 0.6) is 0 Å². The summed E-state index contributed by atoms with van der Waals surface area (Å²) < 4.78 is 28.7. The van der Waals surface area contributed by atoms with Gasteiger partial charge in [-0.15, -0.1) is 0 Å². The van der Waals surface area contributed by atoms with Gasteiger partial charge >= 0.3 is 0 Å². The molecular formula is C31H35ClN4O6S. The molecule has 1 unspecified atom stereocenters. The van der Waals surface area contributed by atoms with Gasteiger partial charge in [0.1, 0.15) is 12.6 Å². The van der Waals surface area contributed by atoms with Crippen molar-refractivity contribution in [1.29, 1.82) is 0 Å². The first-order valence-corrected chi connectivity index (χ1v) is 16.1. The number of benzene rings is 3. The number of amides is 2. The van der Waals surface area contributed by atoms with E-state index in [-0.39, 0.29) is 41.2 Å². The number of carbonyl (C=O) groups is 2. The van der Waals surface area contributed by atoms with Gasteiger partial charge in [0.15, 0.2) is 0 Å². The lowest BCUT2D eigenvalue weighted by Gasteiger charge is -2.34. The molecule has 4 rings (SSSR count). The van der Waals surface area contributed by atoms with Crippen molar-refractivity contribution >= 4 is 44.8 Å². The fourth-order valence-corrected chi connectivity index (χ4v) is 6.89. The Bertz CT molecular complexity index is 1530. The zero-order chi connectivity index (χ0) is 31.0. The monoisotopic (exact) mass is 626 g/mol. The average molecular weight is 627 g/mol. The molecule has 0 spiro atoms. The highest BCUT2D eigenvalue weighted by molar-refractivity contribution is 7.92. The van der Waals surface area contributed by atoms with Crippen LogP contribution in [0.2, 0.25) is 5.02 Å². The molecule has 1 N–H and O–H groups in total. The molecule has 3 aromatic carbocycles. The lowest BCUT2D eigenvalue weighted by Crippen LogP contribution is -2.54. The zero-order valence-electron chi connectivity index (χ0n) is 23.9. The van der Waals surface area contributed by atoms with Crippen LogP contribution in [-0.2, 0) is 26.2 Å².